The lowest BCUT2D eigenvalue weighted by atomic mass is 10.1. The molecule has 0 unspecified atom stereocenters. The molecule has 0 atom stereocenters. The number of aromatic amines is 1. The Morgan fingerprint density at radius 2 is 1.93 bits per heavy atom. The fraction of sp³-hybridized carbons (Fsp3) is 0.143. The Bertz CT molecular complexity index is 1260. The highest BCUT2D eigenvalue weighted by molar-refractivity contribution is 6.30. The molecular formula is C21H18ClN5O2. The first-order valence-electron chi connectivity index (χ1n) is 8.94. The summed E-state index contributed by atoms with van der Waals surface area (Å²) in [4.78, 5) is 37.9. The highest BCUT2D eigenvalue weighted by Gasteiger charge is 2.14. The van der Waals surface area contributed by atoms with Gasteiger partial charge in [-0.2, -0.15) is 0 Å². The van der Waals surface area contributed by atoms with Crippen LogP contribution in [0.5, 0.6) is 0 Å². The number of amides is 1. The van der Waals surface area contributed by atoms with E-state index in [2.05, 4.69) is 15.0 Å². The molecule has 8 heteroatoms. The number of nitrogens with one attached hydrogen (secondary N) is 1. The van der Waals surface area contributed by atoms with Crippen molar-refractivity contribution >= 4 is 28.8 Å². The average Bonchev–Trinajstić information content (AvgIpc) is 3.03. The van der Waals surface area contributed by atoms with Crippen molar-refractivity contribution in [1.82, 2.24) is 24.4 Å². The van der Waals surface area contributed by atoms with Crippen molar-refractivity contribution in [2.45, 2.75) is 6.54 Å². The highest BCUT2D eigenvalue weighted by Crippen LogP contribution is 2.20. The summed E-state index contributed by atoms with van der Waals surface area (Å²) in [7, 11) is 3.41. The summed E-state index contributed by atoms with van der Waals surface area (Å²) in [6.07, 6.45) is 1.59. The van der Waals surface area contributed by atoms with Crippen molar-refractivity contribution in [3.63, 3.8) is 0 Å². The van der Waals surface area contributed by atoms with Crippen LogP contribution in [0.25, 0.3) is 22.6 Å². The van der Waals surface area contributed by atoms with Crippen molar-refractivity contribution < 1.29 is 4.79 Å². The van der Waals surface area contributed by atoms with Gasteiger partial charge in [0, 0.05) is 30.2 Å². The molecule has 1 N–H and O–H groups in total. The van der Waals surface area contributed by atoms with Crippen molar-refractivity contribution in [3.05, 3.63) is 81.4 Å². The predicted molar refractivity (Wildman–Crippen MR) is 112 cm³/mol. The van der Waals surface area contributed by atoms with Gasteiger partial charge in [-0.1, -0.05) is 35.9 Å². The molecule has 0 radical (unpaired) electrons. The van der Waals surface area contributed by atoms with Gasteiger partial charge < -0.3 is 4.90 Å². The van der Waals surface area contributed by atoms with Gasteiger partial charge in [-0.25, -0.2) is 14.8 Å². The number of aromatic nitrogens is 4. The minimum absolute atomic E-state index is 0.0952. The molecule has 4 aromatic rings. The van der Waals surface area contributed by atoms with E-state index in [1.54, 1.807) is 50.6 Å². The van der Waals surface area contributed by atoms with E-state index in [0.29, 0.717) is 34.1 Å². The number of carbonyl (C=O) groups excluding carboxylic acids is 1. The van der Waals surface area contributed by atoms with E-state index in [1.165, 1.54) is 9.47 Å². The molecule has 2 aromatic heterocycles. The predicted octanol–water partition coefficient (Wildman–Crippen LogP) is 3.19. The fourth-order valence-electron chi connectivity index (χ4n) is 3.05. The Morgan fingerprint density at radius 1 is 1.17 bits per heavy atom. The zero-order valence-corrected chi connectivity index (χ0v) is 16.6. The van der Waals surface area contributed by atoms with Crippen LogP contribution in [0.3, 0.4) is 0 Å². The summed E-state index contributed by atoms with van der Waals surface area (Å²) in [5.41, 5.74) is 3.38. The number of rotatable bonds is 4. The first kappa shape index (κ1) is 18.9. The maximum absolute atomic E-state index is 12.4. The lowest BCUT2D eigenvalue weighted by Gasteiger charge is -2.11. The van der Waals surface area contributed by atoms with Crippen molar-refractivity contribution in [3.8, 4) is 11.3 Å². The van der Waals surface area contributed by atoms with E-state index in [0.717, 1.165) is 11.1 Å². The molecule has 29 heavy (non-hydrogen) atoms. The number of carbonyl (C=O) groups is 1. The number of hydrogen-bond donors (Lipinski definition) is 1. The second kappa shape index (κ2) is 7.52. The van der Waals surface area contributed by atoms with Gasteiger partial charge in [0.1, 0.15) is 0 Å². The van der Waals surface area contributed by atoms with Gasteiger partial charge in [-0.15, -0.1) is 0 Å². The molecule has 0 bridgehead atoms. The Balaban J connectivity index is 1.76. The standard InChI is InChI=1S/C21H18ClN5O2/c1-26(2)20(28)15-5-3-4-14(10-15)17-11-23-18-19(24-17)27(21(29)25-18)12-13-6-8-16(22)9-7-13/h3-11H,12H2,1-2H3,(H,23,25,29). The lowest BCUT2D eigenvalue weighted by Crippen LogP contribution is -2.21. The molecular weight excluding hydrogens is 390 g/mol. The van der Waals surface area contributed by atoms with Gasteiger partial charge in [0.05, 0.1) is 18.4 Å². The molecule has 0 spiro atoms. The van der Waals surface area contributed by atoms with Gasteiger partial charge in [0.2, 0.25) is 0 Å². The third kappa shape index (κ3) is 3.77. The Hall–Kier alpha value is -3.45. The van der Waals surface area contributed by atoms with E-state index >= 15 is 0 Å². The van der Waals surface area contributed by atoms with Gasteiger partial charge >= 0.3 is 5.69 Å². The van der Waals surface area contributed by atoms with E-state index in [4.69, 9.17) is 11.6 Å². The highest BCUT2D eigenvalue weighted by atomic mass is 35.5. The van der Waals surface area contributed by atoms with Gasteiger partial charge in [-0.05, 0) is 29.8 Å². The largest absolute Gasteiger partial charge is 0.345 e. The van der Waals surface area contributed by atoms with E-state index < -0.39 is 0 Å². The zero-order chi connectivity index (χ0) is 20.5. The molecule has 2 aromatic carbocycles. The first-order chi connectivity index (χ1) is 13.9. The summed E-state index contributed by atoms with van der Waals surface area (Å²) >= 11 is 5.94. The van der Waals surface area contributed by atoms with E-state index in [-0.39, 0.29) is 11.6 Å². The smallest absolute Gasteiger partial charge is 0.329 e. The van der Waals surface area contributed by atoms with Crippen molar-refractivity contribution in [2.75, 3.05) is 14.1 Å². The van der Waals surface area contributed by atoms with Gasteiger partial charge in [-0.3, -0.25) is 14.3 Å². The molecule has 0 aliphatic heterocycles. The average molecular weight is 408 g/mol. The Kier molecular flexibility index (Phi) is 4.90. The van der Waals surface area contributed by atoms with Crippen LogP contribution in [0, 0.1) is 0 Å². The minimum Gasteiger partial charge on any atom is -0.345 e. The van der Waals surface area contributed by atoms with Crippen LogP contribution in [0.4, 0.5) is 0 Å². The molecule has 0 aliphatic carbocycles. The van der Waals surface area contributed by atoms with Crippen LogP contribution in [0.15, 0.2) is 59.5 Å². The number of nitrogens with zero attached hydrogens (tertiary/aromatic N) is 4. The van der Waals surface area contributed by atoms with E-state index in [9.17, 15) is 9.59 Å². The van der Waals surface area contributed by atoms with Gasteiger partial charge in [0.15, 0.2) is 11.3 Å². The number of halogens is 1. The molecule has 0 saturated carbocycles. The van der Waals surface area contributed by atoms with Crippen LogP contribution in [-0.2, 0) is 6.54 Å². The molecule has 4 rings (SSSR count). The summed E-state index contributed by atoms with van der Waals surface area (Å²) < 4.78 is 1.53. The van der Waals surface area contributed by atoms with E-state index in [1.807, 2.05) is 18.2 Å². The molecule has 0 fully saturated rings. The second-order valence-electron chi connectivity index (χ2n) is 6.85. The third-order valence-electron chi connectivity index (χ3n) is 4.55. The van der Waals surface area contributed by atoms with Crippen LogP contribution in [0.1, 0.15) is 15.9 Å². The second-order valence-corrected chi connectivity index (χ2v) is 7.29. The summed E-state index contributed by atoms with van der Waals surface area (Å²) in [5, 5.41) is 0.634. The Morgan fingerprint density at radius 3 is 2.66 bits per heavy atom. The number of fused-ring (bicyclic) bond motifs is 1. The maximum atomic E-state index is 12.4. The summed E-state index contributed by atoms with van der Waals surface area (Å²) in [5.74, 6) is -0.0952. The number of hydrogen-bond acceptors (Lipinski definition) is 4. The lowest BCUT2D eigenvalue weighted by molar-refractivity contribution is 0.0827. The SMILES string of the molecule is CN(C)C(=O)c1cccc(-c2cnc3[nH]c(=O)n(Cc4ccc(Cl)cc4)c3n2)c1. The Labute approximate surface area is 171 Å². The monoisotopic (exact) mass is 407 g/mol. The molecule has 146 valence electrons. The molecule has 0 aliphatic rings. The number of benzene rings is 2. The zero-order valence-electron chi connectivity index (χ0n) is 15.9. The number of H-pyrrole nitrogens is 1. The topological polar surface area (TPSA) is 83.9 Å². The van der Waals surface area contributed by atoms with Crippen LogP contribution in [-0.4, -0.2) is 44.4 Å². The molecule has 0 saturated heterocycles. The normalized spacial score (nSPS) is 11.0. The minimum atomic E-state index is -0.288. The molecule has 7 nitrogen and oxygen atoms in total. The summed E-state index contributed by atoms with van der Waals surface area (Å²) in [6, 6.07) is 14.5. The number of imidazole rings is 1. The van der Waals surface area contributed by atoms with Crippen LogP contribution < -0.4 is 5.69 Å². The molecule has 1 amide bonds. The van der Waals surface area contributed by atoms with Crippen molar-refractivity contribution in [1.29, 1.82) is 0 Å². The van der Waals surface area contributed by atoms with Crippen molar-refractivity contribution in [2.24, 2.45) is 0 Å². The third-order valence-corrected chi connectivity index (χ3v) is 4.80. The first-order valence-corrected chi connectivity index (χ1v) is 9.32. The quantitative estimate of drug-likeness (QED) is 0.563. The van der Waals surface area contributed by atoms with Gasteiger partial charge in [0.25, 0.3) is 5.91 Å². The summed E-state index contributed by atoms with van der Waals surface area (Å²) in [6.45, 7) is 0.341. The maximum Gasteiger partial charge on any atom is 0.329 e. The fourth-order valence-corrected chi connectivity index (χ4v) is 3.17. The van der Waals surface area contributed by atoms with Crippen LogP contribution >= 0.6 is 11.6 Å². The van der Waals surface area contributed by atoms with Crippen LogP contribution in [0.2, 0.25) is 5.02 Å². The molecule has 2 heterocycles.